The summed E-state index contributed by atoms with van der Waals surface area (Å²) in [5, 5.41) is 0. The van der Waals surface area contributed by atoms with Crippen LogP contribution in [-0.2, 0) is 14.8 Å². The maximum Gasteiger partial charge on any atom is 0.241 e. The molecule has 1 amide bonds. The number of nitrogen functional groups attached to an aromatic ring is 1. The first-order valence-electron chi connectivity index (χ1n) is 6.90. The highest BCUT2D eigenvalue weighted by molar-refractivity contribution is 7.89. The predicted molar refractivity (Wildman–Crippen MR) is 83.3 cm³/mol. The van der Waals surface area contributed by atoms with Gasteiger partial charge >= 0.3 is 0 Å². The standard InChI is InChI=1S/C14H23N3O3S/c1-5-17(6-2)14(18)11(4)16-21(19,20)13-9-12(15)8-7-10(13)3/h7-9,11,16H,5-6,15H2,1-4H3. The fourth-order valence-electron chi connectivity index (χ4n) is 2.06. The van der Waals surface area contributed by atoms with Gasteiger partial charge in [-0.3, -0.25) is 4.79 Å². The molecule has 1 atom stereocenters. The summed E-state index contributed by atoms with van der Waals surface area (Å²) >= 11 is 0. The molecule has 7 heteroatoms. The number of nitrogens with zero attached hydrogens (tertiary/aromatic N) is 1. The third-order valence-electron chi connectivity index (χ3n) is 3.28. The van der Waals surface area contributed by atoms with E-state index in [-0.39, 0.29) is 10.8 Å². The molecule has 1 unspecified atom stereocenters. The van der Waals surface area contributed by atoms with Crippen LogP contribution in [0.2, 0.25) is 0 Å². The molecule has 0 spiro atoms. The van der Waals surface area contributed by atoms with E-state index in [1.165, 1.54) is 6.07 Å². The number of sulfonamides is 1. The molecular formula is C14H23N3O3S. The van der Waals surface area contributed by atoms with Crippen molar-refractivity contribution >= 4 is 21.6 Å². The predicted octanol–water partition coefficient (Wildman–Crippen LogP) is 1.11. The van der Waals surface area contributed by atoms with Crippen LogP contribution in [-0.4, -0.2) is 38.4 Å². The Labute approximate surface area is 126 Å². The maximum atomic E-state index is 12.4. The van der Waals surface area contributed by atoms with Crippen LogP contribution in [0.4, 0.5) is 5.69 Å². The monoisotopic (exact) mass is 313 g/mol. The Morgan fingerprint density at radius 1 is 1.33 bits per heavy atom. The molecule has 21 heavy (non-hydrogen) atoms. The van der Waals surface area contributed by atoms with Crippen LogP contribution in [0.3, 0.4) is 0 Å². The first kappa shape index (κ1) is 17.5. The molecular weight excluding hydrogens is 290 g/mol. The van der Waals surface area contributed by atoms with Crippen molar-refractivity contribution in [1.82, 2.24) is 9.62 Å². The lowest BCUT2D eigenvalue weighted by molar-refractivity contribution is -0.132. The Morgan fingerprint density at radius 2 is 1.90 bits per heavy atom. The zero-order chi connectivity index (χ0) is 16.2. The highest BCUT2D eigenvalue weighted by Gasteiger charge is 2.25. The van der Waals surface area contributed by atoms with Crippen molar-refractivity contribution in [2.75, 3.05) is 18.8 Å². The van der Waals surface area contributed by atoms with Gasteiger partial charge in [0.25, 0.3) is 0 Å². The van der Waals surface area contributed by atoms with Crippen molar-refractivity contribution in [2.45, 2.75) is 38.6 Å². The summed E-state index contributed by atoms with van der Waals surface area (Å²) in [6, 6.07) is 3.85. The van der Waals surface area contributed by atoms with Gasteiger partial charge in [0.2, 0.25) is 15.9 Å². The number of rotatable bonds is 6. The molecule has 0 aliphatic rings. The van der Waals surface area contributed by atoms with Crippen molar-refractivity contribution in [3.05, 3.63) is 23.8 Å². The molecule has 6 nitrogen and oxygen atoms in total. The van der Waals surface area contributed by atoms with Gasteiger partial charge in [-0.2, -0.15) is 4.72 Å². The van der Waals surface area contributed by atoms with Crippen molar-refractivity contribution in [3.63, 3.8) is 0 Å². The third kappa shape index (κ3) is 4.18. The SMILES string of the molecule is CCN(CC)C(=O)C(C)NS(=O)(=O)c1cc(N)ccc1C. The highest BCUT2D eigenvalue weighted by Crippen LogP contribution is 2.18. The van der Waals surface area contributed by atoms with E-state index in [2.05, 4.69) is 4.72 Å². The number of carbonyl (C=O) groups is 1. The number of hydrogen-bond donors (Lipinski definition) is 2. The number of anilines is 1. The van der Waals surface area contributed by atoms with E-state index in [0.29, 0.717) is 24.3 Å². The van der Waals surface area contributed by atoms with E-state index in [1.54, 1.807) is 30.9 Å². The summed E-state index contributed by atoms with van der Waals surface area (Å²) < 4.78 is 27.2. The Bertz CT molecular complexity index is 610. The lowest BCUT2D eigenvalue weighted by Gasteiger charge is -2.23. The molecule has 1 rings (SSSR count). The van der Waals surface area contributed by atoms with E-state index < -0.39 is 16.1 Å². The second-order valence-electron chi connectivity index (χ2n) is 4.88. The van der Waals surface area contributed by atoms with Gasteiger partial charge in [0.1, 0.15) is 0 Å². The normalized spacial score (nSPS) is 13.0. The molecule has 3 N–H and O–H groups in total. The lowest BCUT2D eigenvalue weighted by atomic mass is 10.2. The second kappa shape index (κ2) is 6.91. The molecule has 0 heterocycles. The zero-order valence-electron chi connectivity index (χ0n) is 12.9. The summed E-state index contributed by atoms with van der Waals surface area (Å²) in [6.45, 7) is 8.01. The Kier molecular flexibility index (Phi) is 5.74. The van der Waals surface area contributed by atoms with Gasteiger partial charge in [-0.25, -0.2) is 8.42 Å². The molecule has 0 saturated carbocycles. The van der Waals surface area contributed by atoms with Gasteiger partial charge in [0.15, 0.2) is 0 Å². The number of nitrogens with one attached hydrogen (secondary N) is 1. The molecule has 118 valence electrons. The fraction of sp³-hybridized carbons (Fsp3) is 0.500. The van der Waals surface area contributed by atoms with E-state index in [4.69, 9.17) is 5.73 Å². The summed E-state index contributed by atoms with van der Waals surface area (Å²) in [6.07, 6.45) is 0. The van der Waals surface area contributed by atoms with E-state index >= 15 is 0 Å². The van der Waals surface area contributed by atoms with Crippen LogP contribution in [0, 0.1) is 6.92 Å². The average Bonchev–Trinajstić information content (AvgIpc) is 2.42. The van der Waals surface area contributed by atoms with Crippen LogP contribution in [0.5, 0.6) is 0 Å². The Balaban J connectivity index is 3.00. The number of nitrogens with two attached hydrogens (primary N) is 1. The van der Waals surface area contributed by atoms with Crippen LogP contribution in [0.25, 0.3) is 0 Å². The summed E-state index contributed by atoms with van der Waals surface area (Å²) in [5.41, 5.74) is 6.59. The minimum atomic E-state index is -3.79. The molecule has 0 aliphatic carbocycles. The quantitative estimate of drug-likeness (QED) is 0.770. The van der Waals surface area contributed by atoms with Crippen LogP contribution in [0.15, 0.2) is 23.1 Å². The molecule has 0 radical (unpaired) electrons. The van der Waals surface area contributed by atoms with Crippen LogP contribution < -0.4 is 10.5 Å². The second-order valence-corrected chi connectivity index (χ2v) is 6.56. The first-order chi connectivity index (χ1) is 9.72. The topological polar surface area (TPSA) is 92.5 Å². The number of aryl methyl sites for hydroxylation is 1. The van der Waals surface area contributed by atoms with Crippen molar-refractivity contribution in [2.24, 2.45) is 0 Å². The van der Waals surface area contributed by atoms with Gasteiger partial charge in [-0.05, 0) is 45.4 Å². The number of benzene rings is 1. The molecule has 0 bridgehead atoms. The van der Waals surface area contributed by atoms with Crippen LogP contribution >= 0.6 is 0 Å². The number of hydrogen-bond acceptors (Lipinski definition) is 4. The van der Waals surface area contributed by atoms with E-state index in [1.807, 2.05) is 13.8 Å². The van der Waals surface area contributed by atoms with Crippen molar-refractivity contribution < 1.29 is 13.2 Å². The number of amides is 1. The number of likely N-dealkylation sites (N-methyl/N-ethyl adjacent to an activating group) is 1. The summed E-state index contributed by atoms with van der Waals surface area (Å²) in [7, 11) is -3.79. The Hall–Kier alpha value is -1.60. The van der Waals surface area contributed by atoms with Gasteiger partial charge in [-0.15, -0.1) is 0 Å². The number of carbonyl (C=O) groups excluding carboxylic acids is 1. The average molecular weight is 313 g/mol. The van der Waals surface area contributed by atoms with Crippen molar-refractivity contribution in [1.29, 1.82) is 0 Å². The fourth-order valence-corrected chi connectivity index (χ4v) is 3.54. The van der Waals surface area contributed by atoms with Gasteiger partial charge in [0.05, 0.1) is 10.9 Å². The van der Waals surface area contributed by atoms with Crippen LogP contribution in [0.1, 0.15) is 26.3 Å². The third-order valence-corrected chi connectivity index (χ3v) is 4.96. The zero-order valence-corrected chi connectivity index (χ0v) is 13.7. The molecule has 0 fully saturated rings. The van der Waals surface area contributed by atoms with E-state index in [9.17, 15) is 13.2 Å². The summed E-state index contributed by atoms with van der Waals surface area (Å²) in [4.78, 5) is 13.8. The largest absolute Gasteiger partial charge is 0.399 e. The highest BCUT2D eigenvalue weighted by atomic mass is 32.2. The minimum absolute atomic E-state index is 0.0988. The molecule has 1 aromatic rings. The summed E-state index contributed by atoms with van der Waals surface area (Å²) in [5.74, 6) is -0.245. The van der Waals surface area contributed by atoms with Crippen molar-refractivity contribution in [3.8, 4) is 0 Å². The smallest absolute Gasteiger partial charge is 0.241 e. The maximum absolute atomic E-state index is 12.4. The first-order valence-corrected chi connectivity index (χ1v) is 8.38. The van der Waals surface area contributed by atoms with Gasteiger partial charge < -0.3 is 10.6 Å². The molecule has 0 aromatic heterocycles. The van der Waals surface area contributed by atoms with E-state index in [0.717, 1.165) is 0 Å². The van der Waals surface area contributed by atoms with Gasteiger partial charge in [0, 0.05) is 18.8 Å². The molecule has 1 aromatic carbocycles. The van der Waals surface area contributed by atoms with Gasteiger partial charge in [-0.1, -0.05) is 6.07 Å². The molecule has 0 aliphatic heterocycles. The Morgan fingerprint density at radius 3 is 2.43 bits per heavy atom. The molecule has 0 saturated heterocycles. The lowest BCUT2D eigenvalue weighted by Crippen LogP contribution is -2.46. The minimum Gasteiger partial charge on any atom is -0.399 e.